The zero-order chi connectivity index (χ0) is 17.7. The first-order chi connectivity index (χ1) is 12.6. The molecule has 5 heteroatoms. The molecule has 0 spiro atoms. The van der Waals surface area contributed by atoms with Crippen molar-refractivity contribution in [1.82, 2.24) is 4.90 Å². The predicted molar refractivity (Wildman–Crippen MR) is 99.3 cm³/mol. The summed E-state index contributed by atoms with van der Waals surface area (Å²) in [6.07, 6.45) is 3.87. The van der Waals surface area contributed by atoms with Crippen LogP contribution in [-0.4, -0.2) is 39.1 Å². The Hall–Kier alpha value is -1.85. The maximum absolute atomic E-state index is 12.9. The molecule has 136 valence electrons. The van der Waals surface area contributed by atoms with Crippen LogP contribution in [0.25, 0.3) is 0 Å². The van der Waals surface area contributed by atoms with Crippen molar-refractivity contribution in [2.24, 2.45) is 5.92 Å². The van der Waals surface area contributed by atoms with Crippen molar-refractivity contribution < 1.29 is 13.2 Å². The normalized spacial score (nSPS) is 25.4. The lowest BCUT2D eigenvalue weighted by molar-refractivity contribution is 0.143. The van der Waals surface area contributed by atoms with E-state index in [4.69, 9.17) is 4.74 Å². The van der Waals surface area contributed by atoms with Gasteiger partial charge in [0.05, 0.1) is 15.8 Å². The maximum Gasteiger partial charge on any atom is 0.206 e. The van der Waals surface area contributed by atoms with Gasteiger partial charge in [0.25, 0.3) is 0 Å². The first-order valence-corrected chi connectivity index (χ1v) is 10.9. The summed E-state index contributed by atoms with van der Waals surface area (Å²) in [6.45, 7) is 2.98. The number of likely N-dealkylation sites (tertiary alicyclic amines) is 1. The van der Waals surface area contributed by atoms with Crippen molar-refractivity contribution in [2.45, 2.75) is 41.0 Å². The molecule has 1 saturated carbocycles. The first kappa shape index (κ1) is 16.3. The summed E-state index contributed by atoms with van der Waals surface area (Å²) in [4.78, 5) is 3.22. The molecule has 2 aromatic rings. The summed E-state index contributed by atoms with van der Waals surface area (Å²) in [6, 6.07) is 14.5. The van der Waals surface area contributed by atoms with Crippen molar-refractivity contribution in [3.8, 4) is 5.75 Å². The van der Waals surface area contributed by atoms with Gasteiger partial charge in [-0.1, -0.05) is 24.3 Å². The zero-order valence-electron chi connectivity index (χ0n) is 14.7. The second-order valence-corrected chi connectivity index (χ2v) is 9.68. The largest absolute Gasteiger partial charge is 0.492 e. The van der Waals surface area contributed by atoms with Crippen LogP contribution in [-0.2, 0) is 9.84 Å². The Bertz CT molecular complexity index is 922. The lowest BCUT2D eigenvalue weighted by atomic mass is 9.89. The zero-order valence-corrected chi connectivity index (χ0v) is 15.5. The summed E-state index contributed by atoms with van der Waals surface area (Å²) in [5.74, 6) is 2.09. The topological polar surface area (TPSA) is 46.6 Å². The summed E-state index contributed by atoms with van der Waals surface area (Å²) in [5.41, 5.74) is 1.17. The SMILES string of the molecule is O=S(=O)(c1ccccc1)c1ccc2c(c1)OCC1C2CCN1CC1CC1. The molecule has 1 aliphatic carbocycles. The van der Waals surface area contributed by atoms with Gasteiger partial charge in [-0.05, 0) is 61.6 Å². The van der Waals surface area contributed by atoms with Gasteiger partial charge in [-0.15, -0.1) is 0 Å². The number of fused-ring (bicyclic) bond motifs is 3. The average molecular weight is 369 g/mol. The van der Waals surface area contributed by atoms with E-state index in [0.29, 0.717) is 28.4 Å². The van der Waals surface area contributed by atoms with E-state index in [-0.39, 0.29) is 0 Å². The smallest absolute Gasteiger partial charge is 0.206 e. The van der Waals surface area contributed by atoms with Gasteiger partial charge in [0.15, 0.2) is 0 Å². The molecule has 2 aromatic carbocycles. The second-order valence-electron chi connectivity index (χ2n) is 7.73. The number of sulfone groups is 1. The molecule has 0 amide bonds. The van der Waals surface area contributed by atoms with Crippen molar-refractivity contribution in [3.63, 3.8) is 0 Å². The molecule has 5 rings (SSSR count). The number of nitrogens with zero attached hydrogens (tertiary/aromatic N) is 1. The Labute approximate surface area is 154 Å². The summed E-state index contributed by atoms with van der Waals surface area (Å²) < 4.78 is 31.8. The highest BCUT2D eigenvalue weighted by atomic mass is 32.2. The summed E-state index contributed by atoms with van der Waals surface area (Å²) >= 11 is 0. The lowest BCUT2D eigenvalue weighted by Crippen LogP contribution is -2.40. The molecule has 0 aromatic heterocycles. The van der Waals surface area contributed by atoms with Crippen molar-refractivity contribution in [3.05, 3.63) is 54.1 Å². The van der Waals surface area contributed by atoms with Crippen LogP contribution in [0.5, 0.6) is 5.75 Å². The highest BCUT2D eigenvalue weighted by molar-refractivity contribution is 7.91. The summed E-state index contributed by atoms with van der Waals surface area (Å²) in [7, 11) is -3.50. The van der Waals surface area contributed by atoms with E-state index in [1.165, 1.54) is 24.9 Å². The molecule has 3 aliphatic rings. The van der Waals surface area contributed by atoms with Crippen LogP contribution >= 0.6 is 0 Å². The van der Waals surface area contributed by atoms with Crippen LogP contribution in [0.15, 0.2) is 58.3 Å². The molecule has 2 aliphatic heterocycles. The fourth-order valence-corrected chi connectivity index (χ4v) is 5.68. The standard InChI is InChI=1S/C21H23NO3S/c23-26(24,16-4-2-1-3-5-16)17-8-9-19-18-10-11-22(13-15-6-7-15)20(18)14-25-21(19)12-17/h1-5,8-9,12,15,18,20H,6-7,10-11,13-14H2. The van der Waals surface area contributed by atoms with Crippen molar-refractivity contribution in [2.75, 3.05) is 19.7 Å². The van der Waals surface area contributed by atoms with Crippen molar-refractivity contribution in [1.29, 1.82) is 0 Å². The minimum atomic E-state index is -3.50. The number of rotatable bonds is 4. The molecule has 26 heavy (non-hydrogen) atoms. The number of hydrogen-bond donors (Lipinski definition) is 0. The maximum atomic E-state index is 12.9. The fourth-order valence-electron chi connectivity index (χ4n) is 4.38. The third-order valence-electron chi connectivity index (χ3n) is 6.01. The van der Waals surface area contributed by atoms with E-state index in [9.17, 15) is 8.42 Å². The third-order valence-corrected chi connectivity index (χ3v) is 7.78. The molecule has 2 heterocycles. The van der Waals surface area contributed by atoms with E-state index in [1.807, 2.05) is 12.1 Å². The molecule has 4 nitrogen and oxygen atoms in total. The van der Waals surface area contributed by atoms with Crippen LogP contribution in [0.3, 0.4) is 0 Å². The van der Waals surface area contributed by atoms with Gasteiger partial charge in [0.1, 0.15) is 12.4 Å². The minimum absolute atomic E-state index is 0.314. The van der Waals surface area contributed by atoms with E-state index in [1.54, 1.807) is 36.4 Å². The molecule has 0 N–H and O–H groups in total. The molecular weight excluding hydrogens is 346 g/mol. The number of ether oxygens (including phenoxy) is 1. The van der Waals surface area contributed by atoms with E-state index < -0.39 is 9.84 Å². The van der Waals surface area contributed by atoms with Gasteiger partial charge in [-0.3, -0.25) is 4.90 Å². The van der Waals surface area contributed by atoms with Gasteiger partial charge in [0, 0.05) is 12.5 Å². The molecule has 0 radical (unpaired) electrons. The van der Waals surface area contributed by atoms with Crippen LogP contribution < -0.4 is 4.74 Å². The van der Waals surface area contributed by atoms with E-state index in [0.717, 1.165) is 24.6 Å². The molecule has 2 atom stereocenters. The lowest BCUT2D eigenvalue weighted by Gasteiger charge is -2.33. The van der Waals surface area contributed by atoms with Crippen LogP contribution in [0.1, 0.15) is 30.7 Å². The van der Waals surface area contributed by atoms with Gasteiger partial charge < -0.3 is 4.74 Å². The molecule has 2 unspecified atom stereocenters. The van der Waals surface area contributed by atoms with Gasteiger partial charge in [-0.25, -0.2) is 8.42 Å². The molecule has 2 fully saturated rings. The monoisotopic (exact) mass is 369 g/mol. The minimum Gasteiger partial charge on any atom is -0.492 e. The predicted octanol–water partition coefficient (Wildman–Crippen LogP) is 3.48. The van der Waals surface area contributed by atoms with Crippen LogP contribution in [0.2, 0.25) is 0 Å². The second kappa shape index (κ2) is 6.10. The Balaban J connectivity index is 1.44. The van der Waals surface area contributed by atoms with Gasteiger partial charge in [0.2, 0.25) is 9.84 Å². The summed E-state index contributed by atoms with van der Waals surface area (Å²) in [5, 5.41) is 0. The average Bonchev–Trinajstić information content (AvgIpc) is 3.40. The highest BCUT2D eigenvalue weighted by Gasteiger charge is 2.41. The van der Waals surface area contributed by atoms with E-state index >= 15 is 0 Å². The third kappa shape index (κ3) is 2.74. The highest BCUT2D eigenvalue weighted by Crippen LogP contribution is 2.44. The quantitative estimate of drug-likeness (QED) is 0.828. The number of benzene rings is 2. The van der Waals surface area contributed by atoms with Gasteiger partial charge >= 0.3 is 0 Å². The molecule has 1 saturated heterocycles. The Morgan fingerprint density at radius 2 is 1.81 bits per heavy atom. The van der Waals surface area contributed by atoms with Crippen molar-refractivity contribution >= 4 is 9.84 Å². The van der Waals surface area contributed by atoms with Crippen LogP contribution in [0.4, 0.5) is 0 Å². The Morgan fingerprint density at radius 1 is 1.00 bits per heavy atom. The Morgan fingerprint density at radius 3 is 2.58 bits per heavy atom. The molecule has 0 bridgehead atoms. The van der Waals surface area contributed by atoms with E-state index in [2.05, 4.69) is 4.90 Å². The fraction of sp³-hybridized carbons (Fsp3) is 0.429. The van der Waals surface area contributed by atoms with Crippen LogP contribution in [0, 0.1) is 5.92 Å². The number of hydrogen-bond acceptors (Lipinski definition) is 4. The first-order valence-electron chi connectivity index (χ1n) is 9.44. The van der Waals surface area contributed by atoms with Gasteiger partial charge in [-0.2, -0.15) is 0 Å². The molecular formula is C21H23NO3S. The Kier molecular flexibility index (Phi) is 3.83.